The van der Waals surface area contributed by atoms with E-state index in [1.807, 2.05) is 0 Å². The molecule has 0 atom stereocenters. The van der Waals surface area contributed by atoms with Crippen molar-refractivity contribution < 1.29 is 13.9 Å². The maximum Gasteiger partial charge on any atom is 0.256 e. The van der Waals surface area contributed by atoms with E-state index in [0.29, 0.717) is 31.0 Å². The summed E-state index contributed by atoms with van der Waals surface area (Å²) in [5.74, 6) is -0.876. The maximum absolute atomic E-state index is 13.7. The highest BCUT2D eigenvalue weighted by Gasteiger charge is 2.39. The highest BCUT2D eigenvalue weighted by atomic mass is 35.5. The Bertz CT molecular complexity index is 479. The molecular formula is C13H17Cl2FN2O2. The van der Waals surface area contributed by atoms with Gasteiger partial charge in [-0.15, -0.1) is 12.4 Å². The molecule has 7 heteroatoms. The third-order valence-electron chi connectivity index (χ3n) is 3.40. The Morgan fingerprint density at radius 1 is 1.45 bits per heavy atom. The van der Waals surface area contributed by atoms with E-state index in [-0.39, 0.29) is 24.0 Å². The van der Waals surface area contributed by atoms with E-state index >= 15 is 0 Å². The Hall–Kier alpha value is -0.880. The number of ether oxygens (including phenoxy) is 1. The smallest absolute Gasteiger partial charge is 0.256 e. The number of methoxy groups -OCH3 is 1. The molecule has 1 heterocycles. The zero-order valence-electron chi connectivity index (χ0n) is 11.0. The molecule has 0 aromatic heterocycles. The number of nitrogens with one attached hydrogen (secondary N) is 2. The van der Waals surface area contributed by atoms with E-state index in [1.54, 1.807) is 0 Å². The molecule has 1 aromatic rings. The fourth-order valence-electron chi connectivity index (χ4n) is 2.18. The molecule has 2 rings (SSSR count). The predicted molar refractivity (Wildman–Crippen MR) is 79.1 cm³/mol. The average molecular weight is 323 g/mol. The van der Waals surface area contributed by atoms with Crippen molar-refractivity contribution in [3.05, 3.63) is 29.0 Å². The fourth-order valence-corrected chi connectivity index (χ4v) is 2.34. The van der Waals surface area contributed by atoms with Crippen LogP contribution in [-0.2, 0) is 9.53 Å². The minimum atomic E-state index is -0.892. The molecule has 2 N–H and O–H groups in total. The van der Waals surface area contributed by atoms with Crippen molar-refractivity contribution in [1.82, 2.24) is 5.32 Å². The third-order valence-corrected chi connectivity index (χ3v) is 3.63. The molecule has 4 nitrogen and oxygen atoms in total. The Kier molecular flexibility index (Phi) is 6.20. The Morgan fingerprint density at radius 3 is 2.65 bits per heavy atom. The topological polar surface area (TPSA) is 50.4 Å². The number of amides is 1. The first-order valence-corrected chi connectivity index (χ1v) is 6.47. The van der Waals surface area contributed by atoms with Crippen LogP contribution in [0.2, 0.25) is 5.02 Å². The normalized spacial score (nSPS) is 17.1. The van der Waals surface area contributed by atoms with Crippen LogP contribution in [-0.4, -0.2) is 31.7 Å². The molecular weight excluding hydrogens is 306 g/mol. The van der Waals surface area contributed by atoms with Crippen molar-refractivity contribution in [3.8, 4) is 0 Å². The largest absolute Gasteiger partial charge is 0.368 e. The van der Waals surface area contributed by atoms with Gasteiger partial charge in [-0.2, -0.15) is 0 Å². The van der Waals surface area contributed by atoms with Crippen molar-refractivity contribution in [2.45, 2.75) is 18.4 Å². The van der Waals surface area contributed by atoms with Crippen molar-refractivity contribution in [2.75, 3.05) is 25.5 Å². The van der Waals surface area contributed by atoms with E-state index in [4.69, 9.17) is 16.3 Å². The lowest BCUT2D eigenvalue weighted by Crippen LogP contribution is -2.51. The van der Waals surface area contributed by atoms with Gasteiger partial charge >= 0.3 is 0 Å². The Morgan fingerprint density at radius 2 is 2.10 bits per heavy atom. The number of hydrogen-bond acceptors (Lipinski definition) is 3. The molecule has 0 unspecified atom stereocenters. The summed E-state index contributed by atoms with van der Waals surface area (Å²) in [6.45, 7) is 1.40. The van der Waals surface area contributed by atoms with Gasteiger partial charge in [0.05, 0.1) is 5.69 Å². The van der Waals surface area contributed by atoms with Gasteiger partial charge in [0.1, 0.15) is 11.4 Å². The maximum atomic E-state index is 13.7. The van der Waals surface area contributed by atoms with Crippen LogP contribution in [0, 0.1) is 5.82 Å². The van der Waals surface area contributed by atoms with Crippen LogP contribution in [0.25, 0.3) is 0 Å². The van der Waals surface area contributed by atoms with Crippen molar-refractivity contribution in [3.63, 3.8) is 0 Å². The second-order valence-corrected chi connectivity index (χ2v) is 4.96. The summed E-state index contributed by atoms with van der Waals surface area (Å²) < 4.78 is 19.0. The lowest BCUT2D eigenvalue weighted by atomic mass is 9.91. The molecule has 20 heavy (non-hydrogen) atoms. The molecule has 1 aromatic carbocycles. The van der Waals surface area contributed by atoms with Crippen molar-refractivity contribution >= 4 is 35.6 Å². The van der Waals surface area contributed by atoms with Gasteiger partial charge in [0.25, 0.3) is 5.91 Å². The van der Waals surface area contributed by atoms with E-state index in [9.17, 15) is 9.18 Å². The van der Waals surface area contributed by atoms with Crippen LogP contribution in [0.4, 0.5) is 10.1 Å². The highest BCUT2D eigenvalue weighted by molar-refractivity contribution is 6.30. The van der Waals surface area contributed by atoms with Gasteiger partial charge in [-0.3, -0.25) is 4.79 Å². The van der Waals surface area contributed by atoms with E-state index < -0.39 is 11.4 Å². The minimum Gasteiger partial charge on any atom is -0.368 e. The molecule has 0 radical (unpaired) electrons. The summed E-state index contributed by atoms with van der Waals surface area (Å²) >= 11 is 5.67. The first-order chi connectivity index (χ1) is 9.07. The number of benzene rings is 1. The highest BCUT2D eigenvalue weighted by Crippen LogP contribution is 2.26. The number of anilines is 1. The van der Waals surface area contributed by atoms with Crippen molar-refractivity contribution in [1.29, 1.82) is 0 Å². The van der Waals surface area contributed by atoms with Crippen LogP contribution < -0.4 is 10.6 Å². The second-order valence-electron chi connectivity index (χ2n) is 4.53. The molecule has 1 saturated heterocycles. The van der Waals surface area contributed by atoms with Crippen LogP contribution in [0.15, 0.2) is 18.2 Å². The summed E-state index contributed by atoms with van der Waals surface area (Å²) in [5, 5.41) is 6.02. The van der Waals surface area contributed by atoms with E-state index in [2.05, 4.69) is 10.6 Å². The van der Waals surface area contributed by atoms with Gasteiger partial charge in [-0.25, -0.2) is 4.39 Å². The molecule has 112 valence electrons. The van der Waals surface area contributed by atoms with Gasteiger partial charge in [-0.05, 0) is 44.1 Å². The predicted octanol–water partition coefficient (Wildman–Crippen LogP) is 2.61. The van der Waals surface area contributed by atoms with Crippen LogP contribution in [0.1, 0.15) is 12.8 Å². The minimum absolute atomic E-state index is 0. The molecule has 0 bridgehead atoms. The number of hydrogen-bond donors (Lipinski definition) is 2. The standard InChI is InChI=1S/C13H16ClFN2O2.ClH/c1-19-13(4-6-16-7-5-13)12(18)17-11-3-2-9(14)8-10(11)15;/h2-3,8,16H,4-7H2,1H3,(H,17,18);1H. The van der Waals surface area contributed by atoms with Gasteiger partial charge in [0, 0.05) is 12.1 Å². The van der Waals surface area contributed by atoms with Crippen LogP contribution in [0.5, 0.6) is 0 Å². The summed E-state index contributed by atoms with van der Waals surface area (Å²) in [5.41, 5.74) is -0.776. The number of carbonyl (C=O) groups is 1. The quantitative estimate of drug-likeness (QED) is 0.899. The fraction of sp³-hybridized carbons (Fsp3) is 0.462. The summed E-state index contributed by atoms with van der Waals surface area (Å²) in [6.07, 6.45) is 1.12. The van der Waals surface area contributed by atoms with Crippen molar-refractivity contribution in [2.24, 2.45) is 0 Å². The lowest BCUT2D eigenvalue weighted by Gasteiger charge is -2.34. The molecule has 1 amide bonds. The van der Waals surface area contributed by atoms with Crippen LogP contribution in [0.3, 0.4) is 0 Å². The number of carbonyl (C=O) groups excluding carboxylic acids is 1. The summed E-state index contributed by atoms with van der Waals surface area (Å²) in [6, 6.07) is 4.14. The first kappa shape index (κ1) is 17.2. The molecule has 0 saturated carbocycles. The van der Waals surface area contributed by atoms with Gasteiger partial charge in [-0.1, -0.05) is 11.6 Å². The molecule has 0 spiro atoms. The molecule has 1 fully saturated rings. The molecule has 1 aliphatic heterocycles. The summed E-state index contributed by atoms with van der Waals surface area (Å²) in [4.78, 5) is 12.3. The van der Waals surface area contributed by atoms with E-state index in [1.165, 1.54) is 25.3 Å². The Labute approximate surface area is 128 Å². The second kappa shape index (κ2) is 7.22. The summed E-state index contributed by atoms with van der Waals surface area (Å²) in [7, 11) is 1.50. The molecule has 1 aliphatic rings. The zero-order valence-corrected chi connectivity index (χ0v) is 12.6. The average Bonchev–Trinajstić information content (AvgIpc) is 2.42. The monoisotopic (exact) mass is 322 g/mol. The zero-order chi connectivity index (χ0) is 13.9. The molecule has 0 aliphatic carbocycles. The SMILES string of the molecule is COC1(C(=O)Nc2ccc(Cl)cc2F)CCNCC1.Cl. The van der Waals surface area contributed by atoms with E-state index in [0.717, 1.165) is 0 Å². The van der Waals surface area contributed by atoms with Gasteiger partial charge < -0.3 is 15.4 Å². The van der Waals surface area contributed by atoms with Crippen LogP contribution >= 0.6 is 24.0 Å². The van der Waals surface area contributed by atoms with Gasteiger partial charge in [0.15, 0.2) is 0 Å². The third kappa shape index (κ3) is 3.61. The number of rotatable bonds is 3. The number of halogens is 3. The number of piperidine rings is 1. The lowest BCUT2D eigenvalue weighted by molar-refractivity contribution is -0.140. The Balaban J connectivity index is 0.00000200. The first-order valence-electron chi connectivity index (χ1n) is 6.10. The van der Waals surface area contributed by atoms with Gasteiger partial charge in [0.2, 0.25) is 0 Å².